The Kier molecular flexibility index (Phi) is 4.35. The van der Waals surface area contributed by atoms with Crippen molar-refractivity contribution in [3.63, 3.8) is 0 Å². The number of aromatic carboxylic acids is 1. The number of carboxylic acid groups (broad SMARTS) is 1. The molecule has 0 saturated heterocycles. The van der Waals surface area contributed by atoms with Crippen molar-refractivity contribution >= 4 is 35.4 Å². The Bertz CT molecular complexity index is 723. The van der Waals surface area contributed by atoms with Crippen molar-refractivity contribution in [1.29, 1.82) is 0 Å². The highest BCUT2D eigenvalue weighted by Gasteiger charge is 2.14. The molecule has 2 aromatic carbocycles. The minimum absolute atomic E-state index is 0.116. The minimum Gasteiger partial charge on any atom is -0.478 e. The molecule has 2 rings (SSSR count). The van der Waals surface area contributed by atoms with Crippen molar-refractivity contribution < 1.29 is 14.8 Å². The molecular weight excluding hydrogens is 294 g/mol. The molecule has 1 N–H and O–H groups in total. The van der Waals surface area contributed by atoms with E-state index in [0.29, 0.717) is 10.6 Å². The second-order valence-electron chi connectivity index (χ2n) is 4.22. The van der Waals surface area contributed by atoms with E-state index < -0.39 is 10.9 Å². The Labute approximate surface area is 125 Å². The van der Waals surface area contributed by atoms with E-state index in [2.05, 4.69) is 0 Å². The summed E-state index contributed by atoms with van der Waals surface area (Å²) in [5.74, 6) is -1.21. The van der Waals surface area contributed by atoms with Gasteiger partial charge in [-0.05, 0) is 29.3 Å². The maximum Gasteiger partial charge on any atom is 0.336 e. The Hall–Kier alpha value is -2.66. The third kappa shape index (κ3) is 3.67. The van der Waals surface area contributed by atoms with Crippen LogP contribution < -0.4 is 0 Å². The molecule has 5 nitrogen and oxygen atoms in total. The number of carboxylic acids is 1. The van der Waals surface area contributed by atoms with E-state index in [0.717, 1.165) is 11.6 Å². The van der Waals surface area contributed by atoms with Gasteiger partial charge in [0.25, 0.3) is 5.69 Å². The molecule has 0 aliphatic rings. The molecule has 2 aromatic rings. The van der Waals surface area contributed by atoms with E-state index >= 15 is 0 Å². The van der Waals surface area contributed by atoms with Crippen molar-refractivity contribution in [2.75, 3.05) is 0 Å². The predicted molar refractivity (Wildman–Crippen MR) is 80.4 cm³/mol. The van der Waals surface area contributed by atoms with Gasteiger partial charge in [0.2, 0.25) is 0 Å². The van der Waals surface area contributed by atoms with Gasteiger partial charge in [-0.15, -0.1) is 0 Å². The van der Waals surface area contributed by atoms with Gasteiger partial charge in [0.05, 0.1) is 10.5 Å². The van der Waals surface area contributed by atoms with Gasteiger partial charge in [0.1, 0.15) is 0 Å². The lowest BCUT2D eigenvalue weighted by Gasteiger charge is -2.01. The summed E-state index contributed by atoms with van der Waals surface area (Å²) >= 11 is 5.78. The SMILES string of the molecule is O=C(O)c1cc([N+](=O)[O-])ccc1C=Cc1ccc(Cl)cc1. The zero-order valence-corrected chi connectivity index (χ0v) is 11.4. The van der Waals surface area contributed by atoms with Crippen LogP contribution in [-0.4, -0.2) is 16.0 Å². The average molecular weight is 304 g/mol. The van der Waals surface area contributed by atoms with Crippen LogP contribution in [0.1, 0.15) is 21.5 Å². The van der Waals surface area contributed by atoms with Crippen LogP contribution in [0, 0.1) is 10.1 Å². The number of hydrogen-bond acceptors (Lipinski definition) is 3. The minimum atomic E-state index is -1.21. The van der Waals surface area contributed by atoms with Crippen molar-refractivity contribution in [1.82, 2.24) is 0 Å². The summed E-state index contributed by atoms with van der Waals surface area (Å²) in [4.78, 5) is 21.2. The number of rotatable bonds is 4. The number of non-ortho nitro benzene ring substituents is 1. The fourth-order valence-electron chi connectivity index (χ4n) is 1.75. The summed E-state index contributed by atoms with van der Waals surface area (Å²) in [5, 5.41) is 20.4. The zero-order chi connectivity index (χ0) is 15.4. The van der Waals surface area contributed by atoms with Gasteiger partial charge in [0.15, 0.2) is 0 Å². The standard InChI is InChI=1S/C15H10ClNO4/c16-12-6-2-10(3-7-12)1-4-11-5-8-13(17(20)21)9-14(11)15(18)19/h1-9H,(H,18,19). The van der Waals surface area contributed by atoms with Gasteiger partial charge in [-0.1, -0.05) is 35.9 Å². The van der Waals surface area contributed by atoms with Crippen LogP contribution >= 0.6 is 11.6 Å². The monoisotopic (exact) mass is 303 g/mol. The topological polar surface area (TPSA) is 80.4 Å². The maximum atomic E-state index is 11.2. The molecule has 106 valence electrons. The molecule has 0 unspecified atom stereocenters. The number of carbonyl (C=O) groups is 1. The number of nitrogens with zero attached hydrogens (tertiary/aromatic N) is 1. The number of hydrogen-bond donors (Lipinski definition) is 1. The third-order valence-corrected chi connectivity index (χ3v) is 3.06. The van der Waals surface area contributed by atoms with Crippen LogP contribution in [0.25, 0.3) is 12.2 Å². The van der Waals surface area contributed by atoms with Crippen LogP contribution in [0.15, 0.2) is 42.5 Å². The van der Waals surface area contributed by atoms with Crippen LogP contribution in [0.2, 0.25) is 5.02 Å². The number of halogens is 1. The summed E-state index contributed by atoms with van der Waals surface area (Å²) in [6.45, 7) is 0. The van der Waals surface area contributed by atoms with Gasteiger partial charge >= 0.3 is 5.97 Å². The number of nitro groups is 1. The largest absolute Gasteiger partial charge is 0.478 e. The molecule has 0 amide bonds. The van der Waals surface area contributed by atoms with Crippen molar-refractivity contribution in [3.8, 4) is 0 Å². The fraction of sp³-hybridized carbons (Fsp3) is 0. The molecule has 21 heavy (non-hydrogen) atoms. The van der Waals surface area contributed by atoms with E-state index in [-0.39, 0.29) is 11.3 Å². The molecule has 0 aliphatic heterocycles. The smallest absolute Gasteiger partial charge is 0.336 e. The molecule has 6 heteroatoms. The molecule has 0 bridgehead atoms. The van der Waals surface area contributed by atoms with E-state index in [1.165, 1.54) is 12.1 Å². The van der Waals surface area contributed by atoms with Crippen LogP contribution in [-0.2, 0) is 0 Å². The quantitative estimate of drug-likeness (QED) is 0.523. The van der Waals surface area contributed by atoms with Crippen LogP contribution in [0.4, 0.5) is 5.69 Å². The molecule has 0 atom stereocenters. The van der Waals surface area contributed by atoms with Crippen molar-refractivity contribution in [2.24, 2.45) is 0 Å². The van der Waals surface area contributed by atoms with Crippen LogP contribution in [0.5, 0.6) is 0 Å². The third-order valence-electron chi connectivity index (χ3n) is 2.80. The second-order valence-corrected chi connectivity index (χ2v) is 4.66. The highest BCUT2D eigenvalue weighted by Crippen LogP contribution is 2.20. The maximum absolute atomic E-state index is 11.2. The Balaban J connectivity index is 2.37. The summed E-state index contributed by atoms with van der Waals surface area (Å²) in [5.41, 5.74) is 0.864. The summed E-state index contributed by atoms with van der Waals surface area (Å²) in [6.07, 6.45) is 3.31. The Morgan fingerprint density at radius 1 is 1.14 bits per heavy atom. The zero-order valence-electron chi connectivity index (χ0n) is 10.7. The Morgan fingerprint density at radius 2 is 1.81 bits per heavy atom. The van der Waals surface area contributed by atoms with Crippen molar-refractivity contribution in [2.45, 2.75) is 0 Å². The first-order valence-corrected chi connectivity index (χ1v) is 6.30. The molecule has 0 aromatic heterocycles. The van der Waals surface area contributed by atoms with Crippen molar-refractivity contribution in [3.05, 3.63) is 74.3 Å². The van der Waals surface area contributed by atoms with E-state index in [1.807, 2.05) is 0 Å². The van der Waals surface area contributed by atoms with Gasteiger partial charge < -0.3 is 5.11 Å². The second kappa shape index (κ2) is 6.19. The lowest BCUT2D eigenvalue weighted by atomic mass is 10.0. The first-order valence-electron chi connectivity index (χ1n) is 5.93. The normalized spacial score (nSPS) is 10.7. The van der Waals surface area contributed by atoms with Gasteiger partial charge in [-0.25, -0.2) is 4.79 Å². The Morgan fingerprint density at radius 3 is 2.38 bits per heavy atom. The number of nitro benzene ring substituents is 1. The fourth-order valence-corrected chi connectivity index (χ4v) is 1.87. The van der Waals surface area contributed by atoms with E-state index in [4.69, 9.17) is 16.7 Å². The van der Waals surface area contributed by atoms with Gasteiger partial charge in [-0.2, -0.15) is 0 Å². The van der Waals surface area contributed by atoms with E-state index in [1.54, 1.807) is 36.4 Å². The highest BCUT2D eigenvalue weighted by atomic mass is 35.5. The molecule has 0 fully saturated rings. The average Bonchev–Trinajstić information content (AvgIpc) is 2.46. The lowest BCUT2D eigenvalue weighted by Crippen LogP contribution is -2.01. The molecule has 0 aliphatic carbocycles. The van der Waals surface area contributed by atoms with E-state index in [9.17, 15) is 14.9 Å². The number of benzene rings is 2. The van der Waals surface area contributed by atoms with Gasteiger partial charge in [0, 0.05) is 17.2 Å². The molecule has 0 spiro atoms. The lowest BCUT2D eigenvalue weighted by molar-refractivity contribution is -0.384. The molecule has 0 heterocycles. The molecular formula is C15H10ClNO4. The molecule has 0 radical (unpaired) electrons. The van der Waals surface area contributed by atoms with Gasteiger partial charge in [-0.3, -0.25) is 10.1 Å². The van der Waals surface area contributed by atoms with Crippen LogP contribution in [0.3, 0.4) is 0 Å². The first-order chi connectivity index (χ1) is 9.97. The molecule has 0 saturated carbocycles. The summed E-state index contributed by atoms with van der Waals surface area (Å²) in [7, 11) is 0. The predicted octanol–water partition coefficient (Wildman–Crippen LogP) is 4.12. The highest BCUT2D eigenvalue weighted by molar-refractivity contribution is 6.30. The first kappa shape index (κ1) is 14.7. The summed E-state index contributed by atoms with van der Waals surface area (Å²) in [6, 6.07) is 10.7. The summed E-state index contributed by atoms with van der Waals surface area (Å²) < 4.78 is 0.